The summed E-state index contributed by atoms with van der Waals surface area (Å²) in [6.45, 7) is 3.29. The average molecular weight is 295 g/mol. The Morgan fingerprint density at radius 3 is 2.94 bits per heavy atom. The van der Waals surface area contributed by atoms with E-state index >= 15 is 0 Å². The lowest BCUT2D eigenvalue weighted by Gasteiger charge is -2.28. The number of hydrogen-bond donors (Lipinski definition) is 1. The summed E-state index contributed by atoms with van der Waals surface area (Å²) in [5.74, 6) is 0.502. The van der Waals surface area contributed by atoms with Gasteiger partial charge in [-0.25, -0.2) is 0 Å². The van der Waals surface area contributed by atoms with Crippen LogP contribution in [0, 0.1) is 17.2 Å². The van der Waals surface area contributed by atoms with Gasteiger partial charge in [-0.1, -0.05) is 6.92 Å². The maximum Gasteiger partial charge on any atom is 0.0992 e. The van der Waals surface area contributed by atoms with Gasteiger partial charge in [-0.2, -0.15) is 5.26 Å². The molecule has 0 spiro atoms. The summed E-state index contributed by atoms with van der Waals surface area (Å²) < 4.78 is 0.920. The molecule has 4 heteroatoms. The van der Waals surface area contributed by atoms with Gasteiger partial charge in [0.25, 0.3) is 0 Å². The van der Waals surface area contributed by atoms with E-state index in [-0.39, 0.29) is 12.6 Å². The van der Waals surface area contributed by atoms with Gasteiger partial charge >= 0.3 is 0 Å². The Kier molecular flexibility index (Phi) is 3.70. The maximum absolute atomic E-state index is 9.45. The van der Waals surface area contributed by atoms with Crippen LogP contribution >= 0.6 is 15.9 Å². The van der Waals surface area contributed by atoms with Gasteiger partial charge in [0.1, 0.15) is 0 Å². The van der Waals surface area contributed by atoms with Crippen LogP contribution in [0.4, 0.5) is 5.69 Å². The molecule has 0 radical (unpaired) electrons. The highest BCUT2D eigenvalue weighted by atomic mass is 79.9. The SMILES string of the molecule is CC1CCN(c2ccc(C#N)cc2Br)C1CO. The lowest BCUT2D eigenvalue weighted by molar-refractivity contribution is 0.244. The third-order valence-electron chi connectivity index (χ3n) is 3.46. The van der Waals surface area contributed by atoms with Gasteiger partial charge < -0.3 is 10.0 Å². The van der Waals surface area contributed by atoms with Crippen molar-refractivity contribution < 1.29 is 5.11 Å². The van der Waals surface area contributed by atoms with Crippen molar-refractivity contribution in [2.75, 3.05) is 18.1 Å². The number of nitrogens with zero attached hydrogens (tertiary/aromatic N) is 2. The molecule has 2 rings (SSSR count). The number of benzene rings is 1. The number of anilines is 1. The first-order valence-electron chi connectivity index (χ1n) is 5.74. The van der Waals surface area contributed by atoms with Crippen molar-refractivity contribution in [3.05, 3.63) is 28.2 Å². The minimum atomic E-state index is 0.174. The number of aliphatic hydroxyl groups is 1. The van der Waals surface area contributed by atoms with Gasteiger partial charge in [-0.05, 0) is 46.5 Å². The molecule has 2 atom stereocenters. The van der Waals surface area contributed by atoms with Crippen LogP contribution in [0.3, 0.4) is 0 Å². The second-order valence-electron chi connectivity index (χ2n) is 4.49. The molecule has 3 nitrogen and oxygen atoms in total. The van der Waals surface area contributed by atoms with Crippen LogP contribution < -0.4 is 4.90 Å². The third-order valence-corrected chi connectivity index (χ3v) is 4.09. The molecule has 90 valence electrons. The normalized spacial score (nSPS) is 23.8. The summed E-state index contributed by atoms with van der Waals surface area (Å²) in [6, 6.07) is 7.89. The Morgan fingerprint density at radius 2 is 2.35 bits per heavy atom. The molecule has 0 amide bonds. The fraction of sp³-hybridized carbons (Fsp3) is 0.462. The van der Waals surface area contributed by atoms with Crippen LogP contribution in [0.1, 0.15) is 18.9 Å². The standard InChI is InChI=1S/C13H15BrN2O/c1-9-4-5-16(13(9)8-17)12-3-2-10(7-15)6-11(12)14/h2-3,6,9,13,17H,4-5,8H2,1H3. The van der Waals surface area contributed by atoms with Gasteiger partial charge in [-0.3, -0.25) is 0 Å². The minimum Gasteiger partial charge on any atom is -0.394 e. The van der Waals surface area contributed by atoms with Crippen LogP contribution in [0.2, 0.25) is 0 Å². The summed E-state index contributed by atoms with van der Waals surface area (Å²) in [5.41, 5.74) is 1.71. The second kappa shape index (κ2) is 5.07. The van der Waals surface area contributed by atoms with E-state index in [1.165, 1.54) is 0 Å². The van der Waals surface area contributed by atoms with Crippen LogP contribution in [0.5, 0.6) is 0 Å². The predicted octanol–water partition coefficient (Wildman–Crippen LogP) is 2.53. The Hall–Kier alpha value is -1.05. The molecule has 2 unspecified atom stereocenters. The zero-order valence-electron chi connectivity index (χ0n) is 9.73. The number of nitriles is 1. The van der Waals surface area contributed by atoms with Crippen molar-refractivity contribution in [1.82, 2.24) is 0 Å². The lowest BCUT2D eigenvalue weighted by Crippen LogP contribution is -2.35. The predicted molar refractivity (Wildman–Crippen MR) is 70.9 cm³/mol. The van der Waals surface area contributed by atoms with E-state index in [0.717, 1.165) is 23.1 Å². The van der Waals surface area contributed by atoms with Crippen molar-refractivity contribution in [3.63, 3.8) is 0 Å². The second-order valence-corrected chi connectivity index (χ2v) is 5.34. The van der Waals surface area contributed by atoms with E-state index in [4.69, 9.17) is 5.26 Å². The molecule has 1 aromatic carbocycles. The summed E-state index contributed by atoms with van der Waals surface area (Å²) >= 11 is 3.50. The van der Waals surface area contributed by atoms with Crippen molar-refractivity contribution in [1.29, 1.82) is 5.26 Å². The molecular weight excluding hydrogens is 280 g/mol. The summed E-state index contributed by atoms with van der Waals surface area (Å²) in [7, 11) is 0. The zero-order valence-corrected chi connectivity index (χ0v) is 11.3. The van der Waals surface area contributed by atoms with Gasteiger partial charge in [0.05, 0.1) is 30.0 Å². The summed E-state index contributed by atoms with van der Waals surface area (Å²) in [6.07, 6.45) is 1.09. The molecule has 1 aliphatic heterocycles. The molecule has 1 aromatic rings. The topological polar surface area (TPSA) is 47.3 Å². The monoisotopic (exact) mass is 294 g/mol. The van der Waals surface area contributed by atoms with E-state index < -0.39 is 0 Å². The minimum absolute atomic E-state index is 0.174. The fourth-order valence-corrected chi connectivity index (χ4v) is 3.00. The Balaban J connectivity index is 2.32. The van der Waals surface area contributed by atoms with E-state index in [1.807, 2.05) is 18.2 Å². The number of aliphatic hydroxyl groups excluding tert-OH is 1. The molecule has 0 aliphatic carbocycles. The highest BCUT2D eigenvalue weighted by Gasteiger charge is 2.31. The number of hydrogen-bond acceptors (Lipinski definition) is 3. The number of rotatable bonds is 2. The van der Waals surface area contributed by atoms with Crippen molar-refractivity contribution >= 4 is 21.6 Å². The quantitative estimate of drug-likeness (QED) is 0.912. The van der Waals surface area contributed by atoms with E-state index in [9.17, 15) is 5.11 Å². The molecule has 1 N–H and O–H groups in total. The largest absolute Gasteiger partial charge is 0.394 e. The molecule has 17 heavy (non-hydrogen) atoms. The Morgan fingerprint density at radius 1 is 1.59 bits per heavy atom. The summed E-state index contributed by atoms with van der Waals surface area (Å²) in [5, 5.41) is 18.3. The van der Waals surface area contributed by atoms with Gasteiger partial charge in [0.15, 0.2) is 0 Å². The molecular formula is C13H15BrN2O. The molecule has 1 saturated heterocycles. The van der Waals surface area contributed by atoms with E-state index in [0.29, 0.717) is 11.5 Å². The van der Waals surface area contributed by atoms with Crippen molar-refractivity contribution in [2.45, 2.75) is 19.4 Å². The van der Waals surface area contributed by atoms with Crippen LogP contribution in [-0.4, -0.2) is 24.3 Å². The third kappa shape index (κ3) is 2.31. The lowest BCUT2D eigenvalue weighted by atomic mass is 10.0. The van der Waals surface area contributed by atoms with Gasteiger partial charge in [0.2, 0.25) is 0 Å². The average Bonchev–Trinajstić information content (AvgIpc) is 2.70. The van der Waals surface area contributed by atoms with Crippen LogP contribution in [0.15, 0.2) is 22.7 Å². The molecule has 0 saturated carbocycles. The Bertz CT molecular complexity index is 455. The molecule has 0 aromatic heterocycles. The highest BCUT2D eigenvalue weighted by molar-refractivity contribution is 9.10. The molecule has 1 heterocycles. The smallest absolute Gasteiger partial charge is 0.0992 e. The first kappa shape index (κ1) is 12.4. The first-order chi connectivity index (χ1) is 8.17. The Labute approximate surface area is 110 Å². The van der Waals surface area contributed by atoms with Gasteiger partial charge in [0, 0.05) is 11.0 Å². The van der Waals surface area contributed by atoms with E-state index in [1.54, 1.807) is 0 Å². The van der Waals surface area contributed by atoms with Crippen LogP contribution in [0.25, 0.3) is 0 Å². The van der Waals surface area contributed by atoms with Crippen LogP contribution in [-0.2, 0) is 0 Å². The molecule has 1 aliphatic rings. The zero-order chi connectivity index (χ0) is 12.4. The van der Waals surface area contributed by atoms with Gasteiger partial charge in [-0.15, -0.1) is 0 Å². The van der Waals surface area contributed by atoms with Crippen molar-refractivity contribution in [2.24, 2.45) is 5.92 Å². The highest BCUT2D eigenvalue weighted by Crippen LogP contribution is 2.34. The molecule has 0 bridgehead atoms. The van der Waals surface area contributed by atoms with Crippen molar-refractivity contribution in [3.8, 4) is 6.07 Å². The van der Waals surface area contributed by atoms with E-state index in [2.05, 4.69) is 33.8 Å². The maximum atomic E-state index is 9.45. The summed E-state index contributed by atoms with van der Waals surface area (Å²) in [4.78, 5) is 2.22. The number of halogens is 1. The first-order valence-corrected chi connectivity index (χ1v) is 6.54. The fourth-order valence-electron chi connectivity index (χ4n) is 2.40. The molecule has 1 fully saturated rings.